The molecule has 0 aliphatic heterocycles. The number of ether oxygens (including phenoxy) is 1. The van der Waals surface area contributed by atoms with Crippen molar-refractivity contribution < 1.29 is 14.6 Å². The largest absolute Gasteiger partial charge is 0.496 e. The molecular weight excluding hydrogens is 323 g/mol. The lowest BCUT2D eigenvalue weighted by Gasteiger charge is -2.13. The van der Waals surface area contributed by atoms with Crippen molar-refractivity contribution in [1.82, 2.24) is 0 Å². The van der Waals surface area contributed by atoms with Gasteiger partial charge in [-0.1, -0.05) is 34.8 Å². The molecule has 20 heavy (non-hydrogen) atoms. The summed E-state index contributed by atoms with van der Waals surface area (Å²) in [6, 6.07) is 7.54. The van der Waals surface area contributed by atoms with E-state index in [2.05, 4.69) is 0 Å². The van der Waals surface area contributed by atoms with Gasteiger partial charge in [-0.05, 0) is 30.3 Å². The highest BCUT2D eigenvalue weighted by atomic mass is 35.5. The highest BCUT2D eigenvalue weighted by Crippen LogP contribution is 2.41. The lowest BCUT2D eigenvalue weighted by atomic mass is 10.0. The second kappa shape index (κ2) is 5.92. The average molecular weight is 332 g/mol. The van der Waals surface area contributed by atoms with Crippen molar-refractivity contribution in [3.8, 4) is 16.9 Å². The van der Waals surface area contributed by atoms with Crippen molar-refractivity contribution in [2.75, 3.05) is 7.11 Å². The van der Waals surface area contributed by atoms with Gasteiger partial charge in [-0.3, -0.25) is 0 Å². The van der Waals surface area contributed by atoms with Gasteiger partial charge in [0.25, 0.3) is 0 Å². The van der Waals surface area contributed by atoms with Crippen molar-refractivity contribution in [3.05, 3.63) is 51.0 Å². The van der Waals surface area contributed by atoms with Gasteiger partial charge in [0.05, 0.1) is 22.7 Å². The normalized spacial score (nSPS) is 10.4. The molecule has 0 atom stereocenters. The molecule has 104 valence electrons. The third kappa shape index (κ3) is 2.85. The summed E-state index contributed by atoms with van der Waals surface area (Å²) in [5.41, 5.74) is 1.10. The first-order chi connectivity index (χ1) is 9.43. The van der Waals surface area contributed by atoms with Crippen molar-refractivity contribution in [1.29, 1.82) is 0 Å². The zero-order valence-corrected chi connectivity index (χ0v) is 12.6. The van der Waals surface area contributed by atoms with Gasteiger partial charge in [-0.25, -0.2) is 4.79 Å². The Morgan fingerprint density at radius 1 is 1.10 bits per heavy atom. The van der Waals surface area contributed by atoms with Crippen LogP contribution in [0.4, 0.5) is 0 Å². The van der Waals surface area contributed by atoms with E-state index in [-0.39, 0.29) is 5.56 Å². The zero-order chi connectivity index (χ0) is 14.9. The smallest absolute Gasteiger partial charge is 0.335 e. The van der Waals surface area contributed by atoms with Crippen LogP contribution in [0, 0.1) is 0 Å². The Hall–Kier alpha value is -1.42. The summed E-state index contributed by atoms with van der Waals surface area (Å²) in [7, 11) is 1.48. The summed E-state index contributed by atoms with van der Waals surface area (Å²) in [6.07, 6.45) is 0. The minimum absolute atomic E-state index is 0.114. The van der Waals surface area contributed by atoms with Gasteiger partial charge in [-0.2, -0.15) is 0 Å². The molecule has 2 aromatic rings. The SMILES string of the molecule is COc1ccc(C(=O)O)cc1-c1c(Cl)cc(Cl)cc1Cl. The predicted octanol–water partition coefficient (Wildman–Crippen LogP) is 5.02. The Bertz CT molecular complexity index is 660. The molecule has 3 nitrogen and oxygen atoms in total. The van der Waals surface area contributed by atoms with Crippen LogP contribution in [0.2, 0.25) is 15.1 Å². The number of benzene rings is 2. The average Bonchev–Trinajstić information content (AvgIpc) is 2.37. The number of hydrogen-bond donors (Lipinski definition) is 1. The van der Waals surface area contributed by atoms with Crippen LogP contribution < -0.4 is 4.74 Å². The summed E-state index contributed by atoms with van der Waals surface area (Å²) in [6.45, 7) is 0. The van der Waals surface area contributed by atoms with E-state index in [1.165, 1.54) is 31.4 Å². The highest BCUT2D eigenvalue weighted by molar-refractivity contribution is 6.42. The molecule has 0 saturated heterocycles. The van der Waals surface area contributed by atoms with Crippen molar-refractivity contribution in [2.24, 2.45) is 0 Å². The molecule has 0 saturated carbocycles. The van der Waals surface area contributed by atoms with E-state index in [0.29, 0.717) is 31.9 Å². The molecule has 2 rings (SSSR count). The maximum Gasteiger partial charge on any atom is 0.335 e. The highest BCUT2D eigenvalue weighted by Gasteiger charge is 2.16. The van der Waals surface area contributed by atoms with Crippen LogP contribution in [-0.2, 0) is 0 Å². The van der Waals surface area contributed by atoms with Crippen molar-refractivity contribution in [3.63, 3.8) is 0 Å². The van der Waals surface area contributed by atoms with E-state index in [1.807, 2.05) is 0 Å². The topological polar surface area (TPSA) is 46.5 Å². The third-order valence-corrected chi connectivity index (χ3v) is 3.54. The molecule has 0 bridgehead atoms. The molecule has 2 aromatic carbocycles. The van der Waals surface area contributed by atoms with E-state index < -0.39 is 5.97 Å². The molecule has 0 amide bonds. The summed E-state index contributed by atoms with van der Waals surface area (Å²) < 4.78 is 5.23. The summed E-state index contributed by atoms with van der Waals surface area (Å²) in [4.78, 5) is 11.1. The van der Waals surface area contributed by atoms with E-state index >= 15 is 0 Å². The number of carboxylic acids is 1. The van der Waals surface area contributed by atoms with E-state index in [0.717, 1.165) is 0 Å². The number of carboxylic acid groups (broad SMARTS) is 1. The number of methoxy groups -OCH3 is 1. The van der Waals surface area contributed by atoms with Gasteiger partial charge in [0.15, 0.2) is 0 Å². The van der Waals surface area contributed by atoms with Gasteiger partial charge < -0.3 is 9.84 Å². The Morgan fingerprint density at radius 3 is 2.20 bits per heavy atom. The number of hydrogen-bond acceptors (Lipinski definition) is 2. The fourth-order valence-corrected chi connectivity index (χ4v) is 2.86. The second-order valence-corrected chi connectivity index (χ2v) is 5.22. The summed E-state index contributed by atoms with van der Waals surface area (Å²) in [5, 5.41) is 10.1. The molecule has 0 aliphatic carbocycles. The monoisotopic (exact) mass is 330 g/mol. The second-order valence-electron chi connectivity index (χ2n) is 3.96. The van der Waals surface area contributed by atoms with Crippen LogP contribution in [0.5, 0.6) is 5.75 Å². The molecule has 0 spiro atoms. The first-order valence-electron chi connectivity index (χ1n) is 5.50. The van der Waals surface area contributed by atoms with Crippen LogP contribution >= 0.6 is 34.8 Å². The number of halogens is 3. The molecule has 0 heterocycles. The van der Waals surface area contributed by atoms with E-state index in [1.54, 1.807) is 6.07 Å². The summed E-state index contributed by atoms with van der Waals surface area (Å²) in [5.74, 6) is -0.573. The molecule has 0 unspecified atom stereocenters. The molecule has 6 heteroatoms. The Labute approximate surface area is 130 Å². The van der Waals surface area contributed by atoms with Crippen LogP contribution in [0.25, 0.3) is 11.1 Å². The molecule has 0 fully saturated rings. The standard InChI is InChI=1S/C14H9Cl3O3/c1-20-12-3-2-7(14(18)19)4-9(12)13-10(16)5-8(15)6-11(13)17/h2-6H,1H3,(H,18,19). The molecule has 1 N–H and O–H groups in total. The Morgan fingerprint density at radius 2 is 1.70 bits per heavy atom. The van der Waals surface area contributed by atoms with Crippen LogP contribution in [-0.4, -0.2) is 18.2 Å². The molecule has 0 aliphatic rings. The maximum atomic E-state index is 11.1. The maximum absolute atomic E-state index is 11.1. The van der Waals surface area contributed by atoms with Crippen molar-refractivity contribution >= 4 is 40.8 Å². The lowest BCUT2D eigenvalue weighted by molar-refractivity contribution is 0.0697. The fraction of sp³-hybridized carbons (Fsp3) is 0.0714. The van der Waals surface area contributed by atoms with E-state index in [4.69, 9.17) is 44.6 Å². The molecule has 0 radical (unpaired) electrons. The van der Waals surface area contributed by atoms with Crippen molar-refractivity contribution in [2.45, 2.75) is 0 Å². The third-order valence-electron chi connectivity index (χ3n) is 2.72. The lowest BCUT2D eigenvalue weighted by Crippen LogP contribution is -1.98. The van der Waals surface area contributed by atoms with Crippen LogP contribution in [0.15, 0.2) is 30.3 Å². The predicted molar refractivity (Wildman–Crippen MR) is 80.4 cm³/mol. The minimum Gasteiger partial charge on any atom is -0.496 e. The zero-order valence-electron chi connectivity index (χ0n) is 10.3. The van der Waals surface area contributed by atoms with Gasteiger partial charge >= 0.3 is 5.97 Å². The van der Waals surface area contributed by atoms with Crippen LogP contribution in [0.1, 0.15) is 10.4 Å². The minimum atomic E-state index is -1.05. The first-order valence-corrected chi connectivity index (χ1v) is 6.63. The van der Waals surface area contributed by atoms with Gasteiger partial charge in [0.1, 0.15) is 5.75 Å². The Kier molecular flexibility index (Phi) is 4.43. The first kappa shape index (κ1) is 15.0. The Balaban J connectivity index is 2.74. The van der Waals surface area contributed by atoms with Gasteiger partial charge in [-0.15, -0.1) is 0 Å². The molecule has 0 aromatic heterocycles. The van der Waals surface area contributed by atoms with Gasteiger partial charge in [0.2, 0.25) is 0 Å². The number of carbonyl (C=O) groups is 1. The number of aromatic carboxylic acids is 1. The molecular formula is C14H9Cl3O3. The van der Waals surface area contributed by atoms with Gasteiger partial charge in [0, 0.05) is 16.1 Å². The fourth-order valence-electron chi connectivity index (χ4n) is 1.84. The number of rotatable bonds is 3. The summed E-state index contributed by atoms with van der Waals surface area (Å²) >= 11 is 18.2. The van der Waals surface area contributed by atoms with Crippen LogP contribution in [0.3, 0.4) is 0 Å². The quantitative estimate of drug-likeness (QED) is 0.859. The van der Waals surface area contributed by atoms with E-state index in [9.17, 15) is 4.79 Å².